The molecule has 1 saturated heterocycles. The van der Waals surface area contributed by atoms with Gasteiger partial charge in [0, 0.05) is 61.8 Å². The lowest BCUT2D eigenvalue weighted by Gasteiger charge is -2.33. The van der Waals surface area contributed by atoms with Gasteiger partial charge in [0.25, 0.3) is 0 Å². The van der Waals surface area contributed by atoms with Gasteiger partial charge in [0.1, 0.15) is 0 Å². The number of anilines is 1. The van der Waals surface area contributed by atoms with Crippen molar-refractivity contribution >= 4 is 27.4 Å². The lowest BCUT2D eigenvalue weighted by Crippen LogP contribution is -2.49. The Kier molecular flexibility index (Phi) is 7.22. The number of aryl methyl sites for hydroxylation is 1. The van der Waals surface area contributed by atoms with E-state index in [1.165, 1.54) is 23.4 Å². The topological polar surface area (TPSA) is 91.7 Å². The molecule has 2 aromatic rings. The van der Waals surface area contributed by atoms with E-state index in [0.717, 1.165) is 17.0 Å². The number of Topliss-reactive ketones (excluding diaryl/α,β-unsaturated/α-hetero) is 1. The summed E-state index contributed by atoms with van der Waals surface area (Å²) >= 11 is 0. The van der Waals surface area contributed by atoms with Gasteiger partial charge in [-0.1, -0.05) is 0 Å². The van der Waals surface area contributed by atoms with E-state index in [2.05, 4.69) is 23.7 Å². The average molecular weight is 461 g/mol. The van der Waals surface area contributed by atoms with E-state index in [4.69, 9.17) is 0 Å². The first-order valence-corrected chi connectivity index (χ1v) is 12.3. The van der Waals surface area contributed by atoms with Gasteiger partial charge in [0.05, 0.1) is 11.4 Å². The van der Waals surface area contributed by atoms with Gasteiger partial charge in [-0.25, -0.2) is 8.42 Å². The van der Waals surface area contributed by atoms with Crippen LogP contribution in [-0.4, -0.2) is 66.6 Å². The van der Waals surface area contributed by atoms with Crippen molar-refractivity contribution < 1.29 is 18.0 Å². The summed E-state index contributed by atoms with van der Waals surface area (Å²) in [6.07, 6.45) is 0. The van der Waals surface area contributed by atoms with Gasteiger partial charge in [-0.15, -0.1) is 0 Å². The normalized spacial score (nSPS) is 15.8. The third kappa shape index (κ3) is 5.11. The number of amides is 1. The fraction of sp³-hybridized carbons (Fsp3) is 0.478. The number of rotatable bonds is 7. The lowest BCUT2D eigenvalue weighted by atomic mass is 10.1. The molecule has 32 heavy (non-hydrogen) atoms. The predicted octanol–water partition coefficient (Wildman–Crippen LogP) is 2.83. The van der Waals surface area contributed by atoms with Crippen molar-refractivity contribution in [2.75, 3.05) is 38.0 Å². The molecule has 1 aromatic carbocycles. The van der Waals surface area contributed by atoms with E-state index in [9.17, 15) is 18.0 Å². The number of carbonyl (C=O) groups excluding carboxylic acids is 2. The monoisotopic (exact) mass is 460 g/mol. The van der Waals surface area contributed by atoms with Crippen LogP contribution in [0.2, 0.25) is 0 Å². The lowest BCUT2D eigenvalue weighted by molar-refractivity contribution is -0.114. The molecule has 0 unspecified atom stereocenters. The maximum absolute atomic E-state index is 13.0. The molecule has 1 amide bonds. The standard InChI is InChI=1S/C23H32N4O4S/c1-16(2)27-17(3)14-22(18(27)4)23(29)15-25-10-12-26(13-11-25)32(30,31)21-8-6-20(7-9-21)24-19(5)28/h6-9,14,16H,10-13,15H2,1-5H3,(H,24,28). The van der Waals surface area contributed by atoms with Crippen molar-refractivity contribution in [3.8, 4) is 0 Å². The average Bonchev–Trinajstić information content (AvgIpc) is 3.02. The second-order valence-corrected chi connectivity index (χ2v) is 10.5. The molecule has 0 radical (unpaired) electrons. The van der Waals surface area contributed by atoms with Crippen LogP contribution in [0.3, 0.4) is 0 Å². The highest BCUT2D eigenvalue weighted by molar-refractivity contribution is 7.89. The van der Waals surface area contributed by atoms with E-state index in [-0.39, 0.29) is 29.2 Å². The highest BCUT2D eigenvalue weighted by Crippen LogP contribution is 2.22. The van der Waals surface area contributed by atoms with E-state index in [1.807, 2.05) is 24.8 Å². The minimum Gasteiger partial charge on any atom is -0.346 e. The molecule has 2 heterocycles. The summed E-state index contributed by atoms with van der Waals surface area (Å²) in [6, 6.07) is 8.40. The SMILES string of the molecule is CC(=O)Nc1ccc(S(=O)(=O)N2CCN(CC(=O)c3cc(C)n(C(C)C)c3C)CC2)cc1. The van der Waals surface area contributed by atoms with Crippen LogP contribution in [-0.2, 0) is 14.8 Å². The van der Waals surface area contributed by atoms with Crippen LogP contribution in [0.5, 0.6) is 0 Å². The molecule has 0 saturated carbocycles. The Labute approximate surface area is 190 Å². The predicted molar refractivity (Wildman–Crippen MR) is 125 cm³/mol. The van der Waals surface area contributed by atoms with Gasteiger partial charge in [-0.2, -0.15) is 4.31 Å². The maximum Gasteiger partial charge on any atom is 0.243 e. The Morgan fingerprint density at radius 1 is 1.03 bits per heavy atom. The van der Waals surface area contributed by atoms with Gasteiger partial charge >= 0.3 is 0 Å². The smallest absolute Gasteiger partial charge is 0.243 e. The summed E-state index contributed by atoms with van der Waals surface area (Å²) in [7, 11) is -3.62. The fourth-order valence-electron chi connectivity index (χ4n) is 4.33. The largest absolute Gasteiger partial charge is 0.346 e. The number of hydrogen-bond acceptors (Lipinski definition) is 5. The Hall–Kier alpha value is -2.49. The van der Waals surface area contributed by atoms with Gasteiger partial charge in [0.2, 0.25) is 15.9 Å². The van der Waals surface area contributed by atoms with Crippen molar-refractivity contribution in [1.29, 1.82) is 0 Å². The number of benzene rings is 1. The van der Waals surface area contributed by atoms with Crippen molar-refractivity contribution in [1.82, 2.24) is 13.8 Å². The summed E-state index contributed by atoms with van der Waals surface area (Å²) in [5.74, 6) is -0.146. The van der Waals surface area contributed by atoms with Crippen LogP contribution in [0.25, 0.3) is 0 Å². The second-order valence-electron chi connectivity index (χ2n) is 8.56. The Balaban J connectivity index is 1.62. The van der Waals surface area contributed by atoms with Crippen LogP contribution in [0.15, 0.2) is 35.2 Å². The van der Waals surface area contributed by atoms with Gasteiger partial charge in [0.15, 0.2) is 5.78 Å². The highest BCUT2D eigenvalue weighted by Gasteiger charge is 2.29. The molecule has 3 rings (SSSR count). The number of sulfonamides is 1. The van der Waals surface area contributed by atoms with Gasteiger partial charge in [-0.3, -0.25) is 14.5 Å². The quantitative estimate of drug-likeness (QED) is 0.642. The molecule has 9 heteroatoms. The maximum atomic E-state index is 13.0. The highest BCUT2D eigenvalue weighted by atomic mass is 32.2. The molecular formula is C23H32N4O4S. The van der Waals surface area contributed by atoms with Crippen LogP contribution in [0.1, 0.15) is 48.6 Å². The first-order chi connectivity index (χ1) is 15.0. The Bertz CT molecular complexity index is 1100. The minimum atomic E-state index is -3.62. The van der Waals surface area contributed by atoms with Crippen LogP contribution < -0.4 is 5.32 Å². The molecule has 1 aliphatic rings. The number of ketones is 1. The Morgan fingerprint density at radius 3 is 2.12 bits per heavy atom. The second kappa shape index (κ2) is 9.56. The first-order valence-electron chi connectivity index (χ1n) is 10.8. The molecule has 1 fully saturated rings. The molecule has 8 nitrogen and oxygen atoms in total. The number of nitrogens with one attached hydrogen (secondary N) is 1. The number of aromatic nitrogens is 1. The number of hydrogen-bond donors (Lipinski definition) is 1. The molecular weight excluding hydrogens is 428 g/mol. The van der Waals surface area contributed by atoms with Crippen molar-refractivity contribution in [2.24, 2.45) is 0 Å². The van der Waals surface area contributed by atoms with Crippen LogP contribution >= 0.6 is 0 Å². The molecule has 174 valence electrons. The number of piperazine rings is 1. The van der Waals surface area contributed by atoms with Crippen molar-refractivity contribution in [2.45, 2.75) is 45.6 Å². The van der Waals surface area contributed by atoms with E-state index >= 15 is 0 Å². The zero-order valence-corrected chi connectivity index (χ0v) is 20.2. The summed E-state index contributed by atoms with van der Waals surface area (Å²) in [5.41, 5.74) is 3.34. The summed E-state index contributed by atoms with van der Waals surface area (Å²) in [5, 5.41) is 2.63. The van der Waals surface area contributed by atoms with E-state index in [1.54, 1.807) is 12.1 Å². The zero-order valence-electron chi connectivity index (χ0n) is 19.4. The summed E-state index contributed by atoms with van der Waals surface area (Å²) in [4.78, 5) is 26.3. The van der Waals surface area contributed by atoms with Crippen LogP contribution in [0, 0.1) is 13.8 Å². The van der Waals surface area contributed by atoms with Gasteiger partial charge < -0.3 is 9.88 Å². The van der Waals surface area contributed by atoms with E-state index in [0.29, 0.717) is 31.9 Å². The third-order valence-corrected chi connectivity index (χ3v) is 7.72. The molecule has 1 aliphatic heterocycles. The van der Waals surface area contributed by atoms with Crippen molar-refractivity contribution in [3.05, 3.63) is 47.3 Å². The van der Waals surface area contributed by atoms with Gasteiger partial charge in [-0.05, 0) is 58.0 Å². The molecule has 0 spiro atoms. The molecule has 0 aliphatic carbocycles. The van der Waals surface area contributed by atoms with E-state index < -0.39 is 10.0 Å². The van der Waals surface area contributed by atoms with Crippen molar-refractivity contribution in [3.63, 3.8) is 0 Å². The molecule has 1 aromatic heterocycles. The number of carbonyl (C=O) groups is 2. The minimum absolute atomic E-state index is 0.0647. The molecule has 0 atom stereocenters. The molecule has 0 bridgehead atoms. The first kappa shape index (κ1) is 24.2. The summed E-state index contributed by atoms with van der Waals surface area (Å²) < 4.78 is 29.6. The Morgan fingerprint density at radius 2 is 1.62 bits per heavy atom. The fourth-order valence-corrected chi connectivity index (χ4v) is 5.76. The zero-order chi connectivity index (χ0) is 23.6. The summed E-state index contributed by atoms with van der Waals surface area (Å²) in [6.45, 7) is 11.5. The molecule has 1 N–H and O–H groups in total. The third-order valence-electron chi connectivity index (χ3n) is 5.81. The number of nitrogens with zero attached hydrogens (tertiary/aromatic N) is 3. The van der Waals surface area contributed by atoms with Crippen LogP contribution in [0.4, 0.5) is 5.69 Å².